The van der Waals surface area contributed by atoms with Crippen LogP contribution in [0.4, 0.5) is 11.6 Å². The van der Waals surface area contributed by atoms with Crippen LogP contribution in [-0.2, 0) is 13.0 Å². The number of nitrogens with zero attached hydrogens (tertiary/aromatic N) is 3. The van der Waals surface area contributed by atoms with Crippen molar-refractivity contribution in [2.75, 3.05) is 23.8 Å². The molecule has 0 saturated heterocycles. The van der Waals surface area contributed by atoms with Gasteiger partial charge in [0.25, 0.3) is 0 Å². The zero-order chi connectivity index (χ0) is 13.9. The molecular weight excluding hydrogens is 252 g/mol. The molecule has 20 heavy (non-hydrogen) atoms. The minimum atomic E-state index is 0.607. The second kappa shape index (κ2) is 5.36. The summed E-state index contributed by atoms with van der Waals surface area (Å²) in [4.78, 5) is 10.9. The quantitative estimate of drug-likeness (QED) is 0.864. The van der Waals surface area contributed by atoms with Crippen molar-refractivity contribution >= 4 is 11.6 Å². The van der Waals surface area contributed by atoms with Crippen molar-refractivity contribution in [3.05, 3.63) is 41.6 Å². The highest BCUT2D eigenvalue weighted by atomic mass is 16.5. The van der Waals surface area contributed by atoms with Gasteiger partial charge in [0.15, 0.2) is 0 Å². The summed E-state index contributed by atoms with van der Waals surface area (Å²) < 4.78 is 5.43. The van der Waals surface area contributed by atoms with Gasteiger partial charge < -0.3 is 15.4 Å². The summed E-state index contributed by atoms with van der Waals surface area (Å²) in [6.07, 6.45) is 2.72. The first kappa shape index (κ1) is 12.7. The number of rotatable bonds is 3. The summed E-state index contributed by atoms with van der Waals surface area (Å²) in [6.45, 7) is 4.25. The topological polar surface area (TPSA) is 64.3 Å². The van der Waals surface area contributed by atoms with Gasteiger partial charge in [-0.2, -0.15) is 4.98 Å². The standard InChI is InChI=1S/C15H18N4O/c1-2-20-14-5-7-17-15(18-14)19-8-6-11-3-4-13(16)9-12(11)10-19/h3-5,7,9H,2,6,8,10,16H2,1H3. The van der Waals surface area contributed by atoms with E-state index in [0.29, 0.717) is 18.4 Å². The molecule has 1 aliphatic rings. The smallest absolute Gasteiger partial charge is 0.228 e. The van der Waals surface area contributed by atoms with Gasteiger partial charge in [0, 0.05) is 31.0 Å². The lowest BCUT2D eigenvalue weighted by Crippen LogP contribution is -2.31. The van der Waals surface area contributed by atoms with Crippen molar-refractivity contribution in [1.82, 2.24) is 9.97 Å². The normalized spacial score (nSPS) is 13.9. The van der Waals surface area contributed by atoms with Crippen LogP contribution in [0.1, 0.15) is 18.1 Å². The van der Waals surface area contributed by atoms with Crippen LogP contribution in [0.2, 0.25) is 0 Å². The lowest BCUT2D eigenvalue weighted by atomic mass is 9.99. The number of anilines is 2. The fourth-order valence-corrected chi connectivity index (χ4v) is 2.46. The van der Waals surface area contributed by atoms with Crippen molar-refractivity contribution in [2.45, 2.75) is 19.9 Å². The molecule has 104 valence electrons. The number of aromatic nitrogens is 2. The molecule has 0 atom stereocenters. The molecule has 0 fully saturated rings. The predicted molar refractivity (Wildman–Crippen MR) is 78.8 cm³/mol. The van der Waals surface area contributed by atoms with Gasteiger partial charge in [-0.05, 0) is 36.6 Å². The zero-order valence-corrected chi connectivity index (χ0v) is 11.5. The third kappa shape index (κ3) is 2.52. The molecule has 3 rings (SSSR count). The van der Waals surface area contributed by atoms with Gasteiger partial charge in [-0.1, -0.05) is 6.07 Å². The van der Waals surface area contributed by atoms with Crippen LogP contribution in [0.25, 0.3) is 0 Å². The van der Waals surface area contributed by atoms with E-state index in [1.165, 1.54) is 11.1 Å². The Labute approximate surface area is 118 Å². The molecule has 0 radical (unpaired) electrons. The molecule has 2 aromatic rings. The van der Waals surface area contributed by atoms with E-state index in [4.69, 9.17) is 10.5 Å². The second-order valence-corrected chi connectivity index (χ2v) is 4.83. The van der Waals surface area contributed by atoms with Crippen LogP contribution >= 0.6 is 0 Å². The number of fused-ring (bicyclic) bond motifs is 1. The number of benzene rings is 1. The average Bonchev–Trinajstić information content (AvgIpc) is 2.47. The van der Waals surface area contributed by atoms with E-state index in [9.17, 15) is 0 Å². The fourth-order valence-electron chi connectivity index (χ4n) is 2.46. The first-order chi connectivity index (χ1) is 9.76. The fraction of sp³-hybridized carbons (Fsp3) is 0.333. The van der Waals surface area contributed by atoms with Crippen LogP contribution < -0.4 is 15.4 Å². The monoisotopic (exact) mass is 270 g/mol. The molecule has 0 unspecified atom stereocenters. The van der Waals surface area contributed by atoms with Crippen LogP contribution in [0.15, 0.2) is 30.5 Å². The Hall–Kier alpha value is -2.30. The summed E-state index contributed by atoms with van der Waals surface area (Å²) in [7, 11) is 0. The van der Waals surface area contributed by atoms with Crippen molar-refractivity contribution in [2.24, 2.45) is 0 Å². The molecule has 1 aromatic heterocycles. The Kier molecular flexibility index (Phi) is 3.41. The van der Waals surface area contributed by atoms with Gasteiger partial charge in [0.2, 0.25) is 11.8 Å². The maximum absolute atomic E-state index is 5.86. The van der Waals surface area contributed by atoms with Gasteiger partial charge in [0.1, 0.15) is 0 Å². The molecule has 0 spiro atoms. The van der Waals surface area contributed by atoms with E-state index >= 15 is 0 Å². The molecular formula is C15H18N4O. The van der Waals surface area contributed by atoms with Crippen molar-refractivity contribution in [3.63, 3.8) is 0 Å². The molecule has 0 aliphatic carbocycles. The van der Waals surface area contributed by atoms with Gasteiger partial charge in [0.05, 0.1) is 6.61 Å². The van der Waals surface area contributed by atoms with Crippen molar-refractivity contribution in [3.8, 4) is 5.88 Å². The van der Waals surface area contributed by atoms with E-state index in [-0.39, 0.29) is 0 Å². The Morgan fingerprint density at radius 2 is 2.20 bits per heavy atom. The van der Waals surface area contributed by atoms with E-state index in [1.54, 1.807) is 12.3 Å². The molecule has 2 heterocycles. The first-order valence-corrected chi connectivity index (χ1v) is 6.84. The summed E-state index contributed by atoms with van der Waals surface area (Å²) in [6, 6.07) is 7.89. The number of nitrogens with two attached hydrogens (primary N) is 1. The average molecular weight is 270 g/mol. The number of hydrogen-bond acceptors (Lipinski definition) is 5. The third-order valence-electron chi connectivity index (χ3n) is 3.43. The minimum Gasteiger partial charge on any atom is -0.478 e. The van der Waals surface area contributed by atoms with Gasteiger partial charge >= 0.3 is 0 Å². The highest BCUT2D eigenvalue weighted by molar-refractivity contribution is 5.48. The van der Waals surface area contributed by atoms with Crippen LogP contribution in [0.3, 0.4) is 0 Å². The number of nitrogen functional groups attached to an aromatic ring is 1. The van der Waals surface area contributed by atoms with Gasteiger partial charge in [-0.3, -0.25) is 0 Å². The van der Waals surface area contributed by atoms with Crippen LogP contribution in [0.5, 0.6) is 5.88 Å². The highest BCUT2D eigenvalue weighted by Gasteiger charge is 2.18. The van der Waals surface area contributed by atoms with Crippen molar-refractivity contribution in [1.29, 1.82) is 0 Å². The maximum Gasteiger partial charge on any atom is 0.228 e. The second-order valence-electron chi connectivity index (χ2n) is 4.83. The van der Waals surface area contributed by atoms with E-state index < -0.39 is 0 Å². The molecule has 1 aliphatic heterocycles. The Morgan fingerprint density at radius 1 is 1.30 bits per heavy atom. The molecule has 1 aromatic carbocycles. The Bertz CT molecular complexity index is 615. The largest absolute Gasteiger partial charge is 0.478 e. The maximum atomic E-state index is 5.86. The van der Waals surface area contributed by atoms with Crippen LogP contribution in [-0.4, -0.2) is 23.1 Å². The first-order valence-electron chi connectivity index (χ1n) is 6.84. The Morgan fingerprint density at radius 3 is 3.05 bits per heavy atom. The number of ether oxygens (including phenoxy) is 1. The molecule has 2 N–H and O–H groups in total. The van der Waals surface area contributed by atoms with E-state index in [0.717, 1.165) is 25.2 Å². The lowest BCUT2D eigenvalue weighted by Gasteiger charge is -2.29. The highest BCUT2D eigenvalue weighted by Crippen LogP contribution is 2.24. The van der Waals surface area contributed by atoms with E-state index in [2.05, 4.69) is 20.9 Å². The summed E-state index contributed by atoms with van der Waals surface area (Å²) in [5.74, 6) is 1.33. The van der Waals surface area contributed by atoms with E-state index in [1.807, 2.05) is 19.1 Å². The summed E-state index contributed by atoms with van der Waals surface area (Å²) >= 11 is 0. The zero-order valence-electron chi connectivity index (χ0n) is 11.5. The van der Waals surface area contributed by atoms with Crippen LogP contribution in [0, 0.1) is 0 Å². The molecule has 5 nitrogen and oxygen atoms in total. The van der Waals surface area contributed by atoms with Gasteiger partial charge in [-0.15, -0.1) is 0 Å². The molecule has 5 heteroatoms. The summed E-state index contributed by atoms with van der Waals surface area (Å²) in [5, 5.41) is 0. The van der Waals surface area contributed by atoms with Gasteiger partial charge in [-0.25, -0.2) is 4.98 Å². The Balaban J connectivity index is 1.84. The number of hydrogen-bond donors (Lipinski definition) is 1. The van der Waals surface area contributed by atoms with Crippen molar-refractivity contribution < 1.29 is 4.74 Å². The predicted octanol–water partition coefficient (Wildman–Crippen LogP) is 2.02. The summed E-state index contributed by atoms with van der Waals surface area (Å²) in [5.41, 5.74) is 9.27. The minimum absolute atomic E-state index is 0.607. The SMILES string of the molecule is CCOc1ccnc(N2CCc3ccc(N)cc3C2)n1. The molecule has 0 saturated carbocycles. The lowest BCUT2D eigenvalue weighted by molar-refractivity contribution is 0.326. The molecule has 0 amide bonds. The molecule has 0 bridgehead atoms. The third-order valence-corrected chi connectivity index (χ3v) is 3.43.